The van der Waals surface area contributed by atoms with Crippen molar-refractivity contribution in [1.29, 1.82) is 5.26 Å². The molecule has 0 fully saturated rings. The number of nitrogen functional groups attached to an aromatic ring is 1. The number of rotatable bonds is 2. The Morgan fingerprint density at radius 1 is 1.10 bits per heavy atom. The van der Waals surface area contributed by atoms with Gasteiger partial charge in [0.25, 0.3) is 0 Å². The molecule has 0 radical (unpaired) electrons. The molecule has 3 N–H and O–H groups in total. The normalized spacial score (nSPS) is 10.3. The number of hydrogen-bond donors (Lipinski definition) is 2. The molecule has 0 amide bonds. The minimum Gasteiger partial charge on any atom is -0.395 e. The molecule has 0 atom stereocenters. The number of nitrogens with two attached hydrogens (primary N) is 1. The van der Waals surface area contributed by atoms with Crippen molar-refractivity contribution in [3.05, 3.63) is 58.7 Å². The first kappa shape index (κ1) is 13.4. The Hall–Kier alpha value is -2.58. The molecule has 0 saturated heterocycles. The summed E-state index contributed by atoms with van der Waals surface area (Å²) in [5.74, 6) is 0.488. The first-order valence-corrected chi connectivity index (χ1v) is 7.09. The highest BCUT2D eigenvalue weighted by molar-refractivity contribution is 9.10. The van der Waals surface area contributed by atoms with Crippen molar-refractivity contribution in [2.75, 3.05) is 11.1 Å². The largest absolute Gasteiger partial charge is 0.395 e. The number of nitriles is 1. The summed E-state index contributed by atoms with van der Waals surface area (Å²) in [4.78, 5) is 4.21. The predicted octanol–water partition coefficient (Wildman–Crippen LogP) is 4.19. The number of halogens is 1. The Bertz CT molecular complexity index is 868. The van der Waals surface area contributed by atoms with Crippen LogP contribution >= 0.6 is 15.9 Å². The number of anilines is 3. The van der Waals surface area contributed by atoms with Gasteiger partial charge >= 0.3 is 0 Å². The molecule has 1 aromatic heterocycles. The van der Waals surface area contributed by atoms with Crippen LogP contribution in [0, 0.1) is 11.3 Å². The highest BCUT2D eigenvalue weighted by Gasteiger charge is 2.09. The molecule has 0 bridgehead atoms. The van der Waals surface area contributed by atoms with Crippen LogP contribution in [0.1, 0.15) is 5.56 Å². The second kappa shape index (κ2) is 5.43. The van der Waals surface area contributed by atoms with Crippen molar-refractivity contribution in [3.63, 3.8) is 0 Å². The molecule has 0 saturated carbocycles. The quantitative estimate of drug-likeness (QED) is 0.734. The Kier molecular flexibility index (Phi) is 3.46. The average molecular weight is 339 g/mol. The van der Waals surface area contributed by atoms with Crippen LogP contribution in [0.2, 0.25) is 0 Å². The fourth-order valence-corrected chi connectivity index (χ4v) is 2.65. The van der Waals surface area contributed by atoms with E-state index in [9.17, 15) is 0 Å². The Balaban J connectivity index is 2.12. The highest BCUT2D eigenvalue weighted by Crippen LogP contribution is 2.32. The topological polar surface area (TPSA) is 74.7 Å². The van der Waals surface area contributed by atoms with E-state index in [0.29, 0.717) is 17.1 Å². The van der Waals surface area contributed by atoms with E-state index in [2.05, 4.69) is 32.3 Å². The Morgan fingerprint density at radius 3 is 2.62 bits per heavy atom. The number of pyridine rings is 1. The van der Waals surface area contributed by atoms with Gasteiger partial charge in [-0.05, 0) is 23.6 Å². The van der Waals surface area contributed by atoms with Gasteiger partial charge in [0.2, 0.25) is 0 Å². The molecular weight excluding hydrogens is 328 g/mol. The van der Waals surface area contributed by atoms with Crippen LogP contribution in [0.15, 0.2) is 53.1 Å². The summed E-state index contributed by atoms with van der Waals surface area (Å²) >= 11 is 3.54. The first-order valence-electron chi connectivity index (χ1n) is 6.29. The number of aromatic nitrogens is 1. The maximum Gasteiger partial charge on any atom is 0.154 e. The van der Waals surface area contributed by atoms with E-state index in [1.807, 2.05) is 36.4 Å². The molecule has 0 aliphatic carbocycles. The van der Waals surface area contributed by atoms with E-state index in [0.717, 1.165) is 20.9 Å². The van der Waals surface area contributed by atoms with Crippen molar-refractivity contribution in [2.45, 2.75) is 0 Å². The van der Waals surface area contributed by atoms with Crippen molar-refractivity contribution in [1.82, 2.24) is 4.98 Å². The van der Waals surface area contributed by atoms with Gasteiger partial charge in [-0.3, -0.25) is 0 Å². The summed E-state index contributed by atoms with van der Waals surface area (Å²) in [5, 5.41) is 14.4. The molecule has 0 aliphatic rings. The zero-order valence-corrected chi connectivity index (χ0v) is 12.6. The van der Waals surface area contributed by atoms with Gasteiger partial charge in [0.05, 0.1) is 11.3 Å². The first-order chi connectivity index (χ1) is 10.2. The third-order valence-corrected chi connectivity index (χ3v) is 3.93. The fraction of sp³-hybridized carbons (Fsp3) is 0. The summed E-state index contributed by atoms with van der Waals surface area (Å²) < 4.78 is 1.02. The molecule has 0 unspecified atom stereocenters. The summed E-state index contributed by atoms with van der Waals surface area (Å²) in [6, 6.07) is 15.6. The van der Waals surface area contributed by atoms with Gasteiger partial charge < -0.3 is 11.1 Å². The fourth-order valence-electron chi connectivity index (χ4n) is 2.17. The molecule has 3 aromatic rings. The van der Waals surface area contributed by atoms with E-state index in [-0.39, 0.29) is 0 Å². The lowest BCUT2D eigenvalue weighted by Crippen LogP contribution is -2.01. The predicted molar refractivity (Wildman–Crippen MR) is 88.3 cm³/mol. The van der Waals surface area contributed by atoms with Crippen molar-refractivity contribution in [2.24, 2.45) is 0 Å². The lowest BCUT2D eigenvalue weighted by molar-refractivity contribution is 1.30. The molecular formula is C16H11BrN4. The van der Waals surface area contributed by atoms with Crippen molar-refractivity contribution >= 4 is 43.9 Å². The smallest absolute Gasteiger partial charge is 0.154 e. The van der Waals surface area contributed by atoms with Gasteiger partial charge in [-0.25, -0.2) is 4.98 Å². The maximum absolute atomic E-state index is 9.03. The zero-order chi connectivity index (χ0) is 14.8. The standard InChI is InChI=1S/C16H11BrN4/c17-13-5-6-14(12-4-2-1-3-11(12)13)21-16-15(19)10(9-18)7-8-20-16/h1-8H,19H2,(H,20,21). The Morgan fingerprint density at radius 2 is 1.86 bits per heavy atom. The number of fused-ring (bicyclic) bond motifs is 1. The summed E-state index contributed by atoms with van der Waals surface area (Å²) in [6.07, 6.45) is 1.57. The molecule has 0 spiro atoms. The minimum absolute atomic E-state index is 0.354. The molecule has 5 heteroatoms. The van der Waals surface area contributed by atoms with Gasteiger partial charge in [0.1, 0.15) is 6.07 Å². The lowest BCUT2D eigenvalue weighted by atomic mass is 10.1. The highest BCUT2D eigenvalue weighted by atomic mass is 79.9. The van der Waals surface area contributed by atoms with Crippen LogP contribution < -0.4 is 11.1 Å². The molecule has 3 rings (SSSR count). The lowest BCUT2D eigenvalue weighted by Gasteiger charge is -2.12. The second-order valence-corrected chi connectivity index (χ2v) is 5.35. The summed E-state index contributed by atoms with van der Waals surface area (Å²) in [5.41, 5.74) is 7.62. The van der Waals surface area contributed by atoms with Crippen LogP contribution in [-0.4, -0.2) is 4.98 Å². The van der Waals surface area contributed by atoms with E-state index >= 15 is 0 Å². The van der Waals surface area contributed by atoms with Gasteiger partial charge in [0.15, 0.2) is 5.82 Å². The van der Waals surface area contributed by atoms with Gasteiger partial charge in [0, 0.05) is 21.7 Å². The molecule has 21 heavy (non-hydrogen) atoms. The summed E-state index contributed by atoms with van der Waals surface area (Å²) in [6.45, 7) is 0. The molecule has 1 heterocycles. The molecule has 102 valence electrons. The van der Waals surface area contributed by atoms with Gasteiger partial charge in [-0.2, -0.15) is 5.26 Å². The van der Waals surface area contributed by atoms with Crippen LogP contribution in [0.3, 0.4) is 0 Å². The van der Waals surface area contributed by atoms with E-state index in [4.69, 9.17) is 11.0 Å². The summed E-state index contributed by atoms with van der Waals surface area (Å²) in [7, 11) is 0. The van der Waals surface area contributed by atoms with E-state index in [1.165, 1.54) is 0 Å². The zero-order valence-electron chi connectivity index (χ0n) is 11.0. The van der Waals surface area contributed by atoms with E-state index < -0.39 is 0 Å². The molecule has 0 aliphatic heterocycles. The number of hydrogen-bond acceptors (Lipinski definition) is 4. The second-order valence-electron chi connectivity index (χ2n) is 4.50. The molecule has 4 nitrogen and oxygen atoms in total. The average Bonchev–Trinajstić information content (AvgIpc) is 2.52. The molecule has 2 aromatic carbocycles. The van der Waals surface area contributed by atoms with Crippen LogP contribution in [-0.2, 0) is 0 Å². The van der Waals surface area contributed by atoms with Crippen molar-refractivity contribution < 1.29 is 0 Å². The monoisotopic (exact) mass is 338 g/mol. The third kappa shape index (κ3) is 2.41. The Labute approximate surface area is 130 Å². The van der Waals surface area contributed by atoms with Crippen LogP contribution in [0.4, 0.5) is 17.2 Å². The minimum atomic E-state index is 0.354. The number of nitrogens with zero attached hydrogens (tertiary/aromatic N) is 2. The van der Waals surface area contributed by atoms with Crippen molar-refractivity contribution in [3.8, 4) is 6.07 Å². The number of nitrogens with one attached hydrogen (secondary N) is 1. The third-order valence-electron chi connectivity index (χ3n) is 3.23. The maximum atomic E-state index is 9.03. The van der Waals surface area contributed by atoms with Crippen LogP contribution in [0.25, 0.3) is 10.8 Å². The van der Waals surface area contributed by atoms with E-state index in [1.54, 1.807) is 12.3 Å². The van der Waals surface area contributed by atoms with Gasteiger partial charge in [-0.15, -0.1) is 0 Å². The number of benzene rings is 2. The van der Waals surface area contributed by atoms with Crippen LogP contribution in [0.5, 0.6) is 0 Å². The van der Waals surface area contributed by atoms with Gasteiger partial charge in [-0.1, -0.05) is 40.2 Å². The SMILES string of the molecule is N#Cc1ccnc(Nc2ccc(Br)c3ccccc23)c1N.